The molecule has 0 radical (unpaired) electrons. The summed E-state index contributed by atoms with van der Waals surface area (Å²) in [5.74, 6) is 0.193. The van der Waals surface area contributed by atoms with Crippen molar-refractivity contribution in [3.63, 3.8) is 0 Å². The Morgan fingerprint density at radius 3 is 2.69 bits per heavy atom. The van der Waals surface area contributed by atoms with Gasteiger partial charge in [0.1, 0.15) is 5.75 Å². The molecule has 0 spiro atoms. The van der Waals surface area contributed by atoms with Gasteiger partial charge in [-0.2, -0.15) is 5.26 Å². The Balaban J connectivity index is 3.16. The number of nitriles is 1. The molecule has 0 N–H and O–H groups in total. The smallest absolute Gasteiger partial charge is 0.310 e. The largest absolute Gasteiger partial charge is 0.496 e. The van der Waals surface area contributed by atoms with Crippen LogP contribution in [-0.4, -0.2) is 20.2 Å². The number of halogens is 1. The maximum Gasteiger partial charge on any atom is 0.310 e. The minimum absolute atomic E-state index is 0.0586. The van der Waals surface area contributed by atoms with E-state index in [1.54, 1.807) is 12.1 Å². The number of esters is 1. The zero-order chi connectivity index (χ0) is 12.1. The van der Waals surface area contributed by atoms with Crippen LogP contribution in [0.3, 0.4) is 0 Å². The van der Waals surface area contributed by atoms with E-state index in [1.165, 1.54) is 14.2 Å². The number of carbonyl (C=O) groups excluding carboxylic acids is 1. The lowest BCUT2D eigenvalue weighted by Crippen LogP contribution is -2.06. The highest BCUT2D eigenvalue weighted by molar-refractivity contribution is 9.10. The van der Waals surface area contributed by atoms with Crippen LogP contribution in [0.1, 0.15) is 11.1 Å². The molecular formula is C11H10BrNO3. The number of rotatable bonds is 3. The number of methoxy groups -OCH3 is 2. The monoisotopic (exact) mass is 283 g/mol. The highest BCUT2D eigenvalue weighted by Gasteiger charge is 2.12. The van der Waals surface area contributed by atoms with Gasteiger partial charge in [0.15, 0.2) is 0 Å². The third kappa shape index (κ3) is 2.74. The molecule has 0 atom stereocenters. The molecule has 0 saturated carbocycles. The van der Waals surface area contributed by atoms with E-state index in [-0.39, 0.29) is 12.4 Å². The molecule has 16 heavy (non-hydrogen) atoms. The number of carbonyl (C=O) groups is 1. The summed E-state index contributed by atoms with van der Waals surface area (Å²) in [7, 11) is 2.83. The van der Waals surface area contributed by atoms with E-state index < -0.39 is 0 Å². The molecular weight excluding hydrogens is 274 g/mol. The first-order chi connectivity index (χ1) is 7.62. The molecule has 0 unspecified atom stereocenters. The molecule has 0 aliphatic carbocycles. The Labute approximate surface area is 102 Å². The van der Waals surface area contributed by atoms with Crippen molar-refractivity contribution in [1.29, 1.82) is 5.26 Å². The lowest BCUT2D eigenvalue weighted by molar-refractivity contribution is -0.139. The van der Waals surface area contributed by atoms with Gasteiger partial charge in [-0.3, -0.25) is 4.79 Å². The van der Waals surface area contributed by atoms with Crippen molar-refractivity contribution in [2.45, 2.75) is 6.42 Å². The van der Waals surface area contributed by atoms with Gasteiger partial charge < -0.3 is 9.47 Å². The van der Waals surface area contributed by atoms with E-state index in [9.17, 15) is 4.79 Å². The van der Waals surface area contributed by atoms with Crippen molar-refractivity contribution in [1.82, 2.24) is 0 Å². The molecule has 1 aromatic carbocycles. The van der Waals surface area contributed by atoms with Crippen molar-refractivity contribution in [3.8, 4) is 11.8 Å². The molecule has 0 aliphatic heterocycles. The van der Waals surface area contributed by atoms with E-state index in [4.69, 9.17) is 10.00 Å². The topological polar surface area (TPSA) is 59.3 Å². The standard InChI is InChI=1S/C11H10BrNO3/c1-15-10-4-7(5-11(14)16-2)8(6-13)3-9(10)12/h3-4H,5H2,1-2H3. The van der Waals surface area contributed by atoms with E-state index in [1.807, 2.05) is 6.07 Å². The fourth-order valence-corrected chi connectivity index (χ4v) is 1.74. The number of nitrogens with zero attached hydrogens (tertiary/aromatic N) is 1. The van der Waals surface area contributed by atoms with E-state index >= 15 is 0 Å². The first-order valence-electron chi connectivity index (χ1n) is 4.45. The number of ether oxygens (including phenoxy) is 2. The van der Waals surface area contributed by atoms with E-state index in [0.717, 1.165) is 0 Å². The van der Waals surface area contributed by atoms with Gasteiger partial charge in [0.2, 0.25) is 0 Å². The van der Waals surface area contributed by atoms with Crippen LogP contribution < -0.4 is 4.74 Å². The molecule has 1 aromatic rings. The van der Waals surface area contributed by atoms with Crippen LogP contribution in [0.2, 0.25) is 0 Å². The predicted octanol–water partition coefficient (Wildman–Crippen LogP) is 2.04. The predicted molar refractivity (Wildman–Crippen MR) is 61.1 cm³/mol. The minimum atomic E-state index is -0.388. The fourth-order valence-electron chi connectivity index (χ4n) is 1.23. The molecule has 0 saturated heterocycles. The summed E-state index contributed by atoms with van der Waals surface area (Å²) in [4.78, 5) is 11.1. The lowest BCUT2D eigenvalue weighted by Gasteiger charge is -2.08. The van der Waals surface area contributed by atoms with Crippen molar-refractivity contribution >= 4 is 21.9 Å². The Morgan fingerprint density at radius 2 is 2.19 bits per heavy atom. The van der Waals surface area contributed by atoms with Gasteiger partial charge in [0.05, 0.1) is 36.7 Å². The van der Waals surface area contributed by atoms with Crippen LogP contribution in [-0.2, 0) is 16.0 Å². The average molecular weight is 284 g/mol. The molecule has 0 aromatic heterocycles. The fraction of sp³-hybridized carbons (Fsp3) is 0.273. The summed E-state index contributed by atoms with van der Waals surface area (Å²) < 4.78 is 10.3. The van der Waals surface area contributed by atoms with Gasteiger partial charge in [-0.1, -0.05) is 0 Å². The molecule has 4 nitrogen and oxygen atoms in total. The highest BCUT2D eigenvalue weighted by atomic mass is 79.9. The Bertz CT molecular complexity index is 451. The average Bonchev–Trinajstić information content (AvgIpc) is 2.30. The second-order valence-corrected chi connectivity index (χ2v) is 3.86. The van der Waals surface area contributed by atoms with Gasteiger partial charge in [0, 0.05) is 0 Å². The number of hydrogen-bond donors (Lipinski definition) is 0. The molecule has 0 bridgehead atoms. The molecule has 0 heterocycles. The third-order valence-electron chi connectivity index (χ3n) is 2.06. The number of benzene rings is 1. The van der Waals surface area contributed by atoms with Crippen molar-refractivity contribution in [2.24, 2.45) is 0 Å². The third-order valence-corrected chi connectivity index (χ3v) is 2.68. The first-order valence-corrected chi connectivity index (χ1v) is 5.25. The zero-order valence-corrected chi connectivity index (χ0v) is 10.5. The lowest BCUT2D eigenvalue weighted by atomic mass is 10.1. The van der Waals surface area contributed by atoms with Crippen LogP contribution in [0, 0.1) is 11.3 Å². The van der Waals surface area contributed by atoms with Gasteiger partial charge in [-0.05, 0) is 33.6 Å². The van der Waals surface area contributed by atoms with Crippen LogP contribution in [0.15, 0.2) is 16.6 Å². The van der Waals surface area contributed by atoms with Gasteiger partial charge in [0.25, 0.3) is 0 Å². The summed E-state index contributed by atoms with van der Waals surface area (Å²) in [5, 5.41) is 8.93. The zero-order valence-electron chi connectivity index (χ0n) is 8.91. The summed E-state index contributed by atoms with van der Waals surface area (Å²) in [6.07, 6.45) is 0.0586. The Kier molecular flexibility index (Phi) is 4.32. The molecule has 0 fully saturated rings. The normalized spacial score (nSPS) is 9.38. The van der Waals surface area contributed by atoms with Crippen molar-refractivity contribution in [2.75, 3.05) is 14.2 Å². The minimum Gasteiger partial charge on any atom is -0.496 e. The van der Waals surface area contributed by atoms with Gasteiger partial charge >= 0.3 is 5.97 Å². The molecule has 1 rings (SSSR count). The van der Waals surface area contributed by atoms with Crippen LogP contribution in [0.4, 0.5) is 0 Å². The Hall–Kier alpha value is -1.54. The van der Waals surface area contributed by atoms with Crippen LogP contribution in [0.5, 0.6) is 5.75 Å². The maximum atomic E-state index is 11.1. The van der Waals surface area contributed by atoms with E-state index in [0.29, 0.717) is 21.3 Å². The second kappa shape index (κ2) is 5.52. The highest BCUT2D eigenvalue weighted by Crippen LogP contribution is 2.28. The van der Waals surface area contributed by atoms with Gasteiger partial charge in [-0.25, -0.2) is 0 Å². The summed E-state index contributed by atoms with van der Waals surface area (Å²) in [5.41, 5.74) is 1.02. The first kappa shape index (κ1) is 12.5. The maximum absolute atomic E-state index is 11.1. The summed E-state index contributed by atoms with van der Waals surface area (Å²) >= 11 is 3.27. The molecule has 84 valence electrons. The van der Waals surface area contributed by atoms with Gasteiger partial charge in [-0.15, -0.1) is 0 Å². The summed E-state index contributed by atoms with van der Waals surface area (Å²) in [6.45, 7) is 0. The van der Waals surface area contributed by atoms with Crippen LogP contribution in [0.25, 0.3) is 0 Å². The molecule has 0 amide bonds. The number of hydrogen-bond acceptors (Lipinski definition) is 4. The second-order valence-electron chi connectivity index (χ2n) is 3.01. The van der Waals surface area contributed by atoms with E-state index in [2.05, 4.69) is 20.7 Å². The quantitative estimate of drug-likeness (QED) is 0.797. The van der Waals surface area contributed by atoms with Crippen molar-refractivity contribution in [3.05, 3.63) is 27.7 Å². The Morgan fingerprint density at radius 1 is 1.50 bits per heavy atom. The molecule has 5 heteroatoms. The van der Waals surface area contributed by atoms with Crippen molar-refractivity contribution < 1.29 is 14.3 Å². The summed E-state index contributed by atoms with van der Waals surface area (Å²) in [6, 6.07) is 5.30. The molecule has 0 aliphatic rings. The SMILES string of the molecule is COC(=O)Cc1cc(OC)c(Br)cc1C#N. The van der Waals surface area contributed by atoms with Crippen LogP contribution >= 0.6 is 15.9 Å².